The van der Waals surface area contributed by atoms with E-state index in [9.17, 15) is 0 Å². The van der Waals surface area contributed by atoms with Crippen LogP contribution in [0.1, 0.15) is 50.8 Å². The zero-order valence-corrected chi connectivity index (χ0v) is 10.7. The number of hydrogen-bond donors (Lipinski definition) is 1. The summed E-state index contributed by atoms with van der Waals surface area (Å²) < 4.78 is 1.92. The Bertz CT molecular complexity index is 348. The zero-order chi connectivity index (χ0) is 11.6. The van der Waals surface area contributed by atoms with E-state index in [2.05, 4.69) is 30.5 Å². The van der Waals surface area contributed by atoms with E-state index in [-0.39, 0.29) is 0 Å². The zero-order valence-electron chi connectivity index (χ0n) is 10.7. The molecule has 1 aromatic rings. The van der Waals surface area contributed by atoms with Crippen LogP contribution >= 0.6 is 0 Å². The first-order valence-electron chi connectivity index (χ1n) is 6.39. The topological polar surface area (TPSA) is 29.9 Å². The molecule has 0 atom stereocenters. The van der Waals surface area contributed by atoms with Crippen molar-refractivity contribution in [3.63, 3.8) is 0 Å². The maximum Gasteiger partial charge on any atom is 0.0666 e. The van der Waals surface area contributed by atoms with Crippen molar-refractivity contribution in [2.24, 2.45) is 7.05 Å². The molecule has 1 N–H and O–H groups in total. The van der Waals surface area contributed by atoms with Gasteiger partial charge in [-0.3, -0.25) is 4.68 Å². The summed E-state index contributed by atoms with van der Waals surface area (Å²) in [5.41, 5.74) is 2.95. The molecule has 16 heavy (non-hydrogen) atoms. The van der Waals surface area contributed by atoms with Crippen molar-refractivity contribution >= 4 is 0 Å². The summed E-state index contributed by atoms with van der Waals surface area (Å²) in [6.07, 6.45) is 8.54. The highest BCUT2D eigenvalue weighted by Gasteiger charge is 2.27. The highest BCUT2D eigenvalue weighted by Crippen LogP contribution is 2.29. The summed E-state index contributed by atoms with van der Waals surface area (Å²) in [4.78, 5) is 0. The lowest BCUT2D eigenvalue weighted by Crippen LogP contribution is -2.38. The summed E-state index contributed by atoms with van der Waals surface area (Å²) in [5, 5.41) is 8.18. The van der Waals surface area contributed by atoms with Gasteiger partial charge in [-0.1, -0.05) is 19.8 Å². The molecule has 1 heterocycles. The molecule has 0 bridgehead atoms. The van der Waals surface area contributed by atoms with Gasteiger partial charge in [0.2, 0.25) is 0 Å². The van der Waals surface area contributed by atoms with Crippen molar-refractivity contribution < 1.29 is 0 Å². The van der Waals surface area contributed by atoms with Gasteiger partial charge in [-0.15, -0.1) is 0 Å². The summed E-state index contributed by atoms with van der Waals surface area (Å²) in [6, 6.07) is 0. The molecule has 0 aromatic carbocycles. The number of aromatic nitrogens is 2. The Labute approximate surface area is 98.2 Å². The quantitative estimate of drug-likeness (QED) is 0.846. The number of nitrogens with one attached hydrogen (secondary N) is 1. The molecule has 1 fully saturated rings. The molecule has 3 heteroatoms. The number of nitrogens with zero attached hydrogens (tertiary/aromatic N) is 2. The van der Waals surface area contributed by atoms with Crippen LogP contribution < -0.4 is 5.32 Å². The van der Waals surface area contributed by atoms with Gasteiger partial charge in [-0.2, -0.15) is 5.10 Å². The summed E-state index contributed by atoms with van der Waals surface area (Å²) in [5.74, 6) is 0. The van der Waals surface area contributed by atoms with Crippen LogP contribution in [0.5, 0.6) is 0 Å². The standard InChI is InChI=1S/C13H23N3/c1-4-12-11(10-16(3)15-12)9-14-13(2)7-5-6-8-13/h10,14H,4-9H2,1-3H3. The van der Waals surface area contributed by atoms with Crippen molar-refractivity contribution in [2.45, 2.75) is 58.0 Å². The molecule has 0 unspecified atom stereocenters. The lowest BCUT2D eigenvalue weighted by atomic mass is 10.0. The van der Waals surface area contributed by atoms with Gasteiger partial charge in [0.15, 0.2) is 0 Å². The predicted molar refractivity (Wildman–Crippen MR) is 66.3 cm³/mol. The monoisotopic (exact) mass is 221 g/mol. The van der Waals surface area contributed by atoms with Gasteiger partial charge >= 0.3 is 0 Å². The van der Waals surface area contributed by atoms with E-state index in [0.717, 1.165) is 13.0 Å². The van der Waals surface area contributed by atoms with Crippen LogP contribution in [0.25, 0.3) is 0 Å². The first-order chi connectivity index (χ1) is 7.63. The number of aryl methyl sites for hydroxylation is 2. The minimum Gasteiger partial charge on any atom is -0.307 e. The molecule has 3 nitrogen and oxygen atoms in total. The lowest BCUT2D eigenvalue weighted by Gasteiger charge is -2.25. The first-order valence-corrected chi connectivity index (χ1v) is 6.39. The van der Waals surface area contributed by atoms with Crippen LogP contribution in [0.4, 0.5) is 0 Å². The normalized spacial score (nSPS) is 19.2. The average Bonchev–Trinajstić information content (AvgIpc) is 2.82. The first kappa shape index (κ1) is 11.6. The van der Waals surface area contributed by atoms with E-state index in [1.54, 1.807) is 0 Å². The lowest BCUT2D eigenvalue weighted by molar-refractivity contribution is 0.362. The molecule has 0 radical (unpaired) electrons. The van der Waals surface area contributed by atoms with Gasteiger partial charge in [-0.25, -0.2) is 0 Å². The molecule has 1 aliphatic carbocycles. The molecule has 2 rings (SSSR count). The Morgan fingerprint density at radius 1 is 1.44 bits per heavy atom. The fraction of sp³-hybridized carbons (Fsp3) is 0.769. The van der Waals surface area contributed by atoms with Crippen LogP contribution in [0.15, 0.2) is 6.20 Å². The minimum atomic E-state index is 0.362. The molecule has 0 amide bonds. The second-order valence-corrected chi connectivity index (χ2v) is 5.25. The smallest absolute Gasteiger partial charge is 0.0666 e. The second kappa shape index (κ2) is 4.58. The molecule has 0 aliphatic heterocycles. The minimum absolute atomic E-state index is 0.362. The van der Waals surface area contributed by atoms with E-state index < -0.39 is 0 Å². The van der Waals surface area contributed by atoms with E-state index in [0.29, 0.717) is 5.54 Å². The van der Waals surface area contributed by atoms with E-state index in [4.69, 9.17) is 0 Å². The Kier molecular flexibility index (Phi) is 3.33. The summed E-state index contributed by atoms with van der Waals surface area (Å²) in [6.45, 7) is 5.48. The van der Waals surface area contributed by atoms with Crippen molar-refractivity contribution in [1.29, 1.82) is 0 Å². The highest BCUT2D eigenvalue weighted by molar-refractivity contribution is 5.17. The van der Waals surface area contributed by atoms with Crippen LogP contribution in [0.2, 0.25) is 0 Å². The van der Waals surface area contributed by atoms with Gasteiger partial charge in [-0.05, 0) is 26.2 Å². The Morgan fingerprint density at radius 3 is 2.75 bits per heavy atom. The molecular weight excluding hydrogens is 198 g/mol. The SMILES string of the molecule is CCc1nn(C)cc1CNC1(C)CCCC1. The molecular formula is C13H23N3. The molecule has 1 aliphatic rings. The maximum absolute atomic E-state index is 4.47. The van der Waals surface area contributed by atoms with E-state index in [1.165, 1.54) is 36.9 Å². The van der Waals surface area contributed by atoms with E-state index >= 15 is 0 Å². The van der Waals surface area contributed by atoms with Crippen molar-refractivity contribution in [3.8, 4) is 0 Å². The molecule has 0 spiro atoms. The van der Waals surface area contributed by atoms with Crippen LogP contribution in [0, 0.1) is 0 Å². The third kappa shape index (κ3) is 2.46. The second-order valence-electron chi connectivity index (χ2n) is 5.25. The van der Waals surface area contributed by atoms with Crippen molar-refractivity contribution in [2.75, 3.05) is 0 Å². The van der Waals surface area contributed by atoms with Gasteiger partial charge < -0.3 is 5.32 Å². The molecule has 1 aromatic heterocycles. The van der Waals surface area contributed by atoms with Crippen molar-refractivity contribution in [3.05, 3.63) is 17.5 Å². The maximum atomic E-state index is 4.47. The Morgan fingerprint density at radius 2 is 2.12 bits per heavy atom. The van der Waals surface area contributed by atoms with Crippen molar-refractivity contribution in [1.82, 2.24) is 15.1 Å². The largest absolute Gasteiger partial charge is 0.307 e. The van der Waals surface area contributed by atoms with Gasteiger partial charge in [0.1, 0.15) is 0 Å². The Balaban J connectivity index is 1.98. The average molecular weight is 221 g/mol. The van der Waals surface area contributed by atoms with Crippen LogP contribution in [-0.2, 0) is 20.0 Å². The fourth-order valence-electron chi connectivity index (χ4n) is 2.67. The number of rotatable bonds is 4. The molecule has 0 saturated heterocycles. The summed E-state index contributed by atoms with van der Waals surface area (Å²) >= 11 is 0. The van der Waals surface area contributed by atoms with Gasteiger partial charge in [0.25, 0.3) is 0 Å². The predicted octanol–water partition coefficient (Wildman–Crippen LogP) is 2.40. The van der Waals surface area contributed by atoms with Gasteiger partial charge in [0, 0.05) is 30.9 Å². The summed E-state index contributed by atoms with van der Waals surface area (Å²) in [7, 11) is 2.00. The third-order valence-electron chi connectivity index (χ3n) is 3.74. The van der Waals surface area contributed by atoms with Crippen LogP contribution in [-0.4, -0.2) is 15.3 Å². The van der Waals surface area contributed by atoms with Gasteiger partial charge in [0.05, 0.1) is 5.69 Å². The number of hydrogen-bond acceptors (Lipinski definition) is 2. The Hall–Kier alpha value is -0.830. The molecule has 1 saturated carbocycles. The fourth-order valence-corrected chi connectivity index (χ4v) is 2.67. The molecule has 90 valence electrons. The highest BCUT2D eigenvalue weighted by atomic mass is 15.3. The third-order valence-corrected chi connectivity index (χ3v) is 3.74. The van der Waals surface area contributed by atoms with Crippen LogP contribution in [0.3, 0.4) is 0 Å². The van der Waals surface area contributed by atoms with E-state index in [1.807, 2.05) is 11.7 Å².